The molecule has 5 heteroatoms. The van der Waals surface area contributed by atoms with Crippen LogP contribution in [0, 0.1) is 17.5 Å². The molecular weight excluding hydrogens is 261 g/mol. The number of rotatable bonds is 2. The predicted octanol–water partition coefficient (Wildman–Crippen LogP) is 2.79. The van der Waals surface area contributed by atoms with E-state index in [0.29, 0.717) is 0 Å². The maximum atomic E-state index is 13.1. The molecule has 0 aliphatic heterocycles. The number of benzene rings is 1. The Kier molecular flexibility index (Phi) is 3.55. The van der Waals surface area contributed by atoms with E-state index < -0.39 is 28.0 Å². The van der Waals surface area contributed by atoms with Crippen LogP contribution in [0.2, 0.25) is 0 Å². The fourth-order valence-corrected chi connectivity index (χ4v) is 1.38. The molecule has 0 bridgehead atoms. The van der Waals surface area contributed by atoms with E-state index >= 15 is 0 Å². The van der Waals surface area contributed by atoms with Gasteiger partial charge in [0.1, 0.15) is 5.82 Å². The number of hydrogen-bond acceptors (Lipinski definition) is 1. The van der Waals surface area contributed by atoms with Crippen molar-refractivity contribution in [1.29, 1.82) is 0 Å². The third-order valence-corrected chi connectivity index (χ3v) is 2.42. The van der Waals surface area contributed by atoms with Gasteiger partial charge in [-0.15, -0.1) is 0 Å². The zero-order chi connectivity index (χ0) is 10.9. The van der Waals surface area contributed by atoms with E-state index in [4.69, 9.17) is 5.11 Å². The van der Waals surface area contributed by atoms with Crippen molar-refractivity contribution in [3.63, 3.8) is 0 Å². The highest BCUT2D eigenvalue weighted by atomic mass is 79.9. The van der Waals surface area contributed by atoms with Crippen molar-refractivity contribution in [1.82, 2.24) is 0 Å². The van der Waals surface area contributed by atoms with E-state index in [9.17, 15) is 13.2 Å². The predicted molar refractivity (Wildman–Crippen MR) is 49.4 cm³/mol. The monoisotopic (exact) mass is 268 g/mol. The lowest BCUT2D eigenvalue weighted by Gasteiger charge is -2.08. The number of aliphatic hydroxyl groups excluding tert-OH is 1. The second kappa shape index (κ2) is 4.31. The average molecular weight is 269 g/mol. The quantitative estimate of drug-likeness (QED) is 0.646. The standard InChI is InChI=1S/C9H8BrF3O/c1-4(14)2-5-3-6(11)7(10)9(13)8(5)12/h3-4,14H,2H2,1H3. The molecule has 0 aliphatic rings. The molecule has 0 spiro atoms. The summed E-state index contributed by atoms with van der Waals surface area (Å²) in [5.74, 6) is -3.26. The fraction of sp³-hybridized carbons (Fsp3) is 0.333. The highest BCUT2D eigenvalue weighted by Gasteiger charge is 2.17. The van der Waals surface area contributed by atoms with Crippen molar-refractivity contribution in [3.8, 4) is 0 Å². The molecule has 0 radical (unpaired) electrons. The van der Waals surface area contributed by atoms with Gasteiger partial charge in [0, 0.05) is 6.42 Å². The molecule has 1 atom stereocenters. The molecule has 0 aromatic heterocycles. The zero-order valence-electron chi connectivity index (χ0n) is 7.32. The summed E-state index contributed by atoms with van der Waals surface area (Å²) in [6.07, 6.45) is -0.961. The van der Waals surface area contributed by atoms with Gasteiger partial charge in [0.05, 0.1) is 10.6 Å². The van der Waals surface area contributed by atoms with Gasteiger partial charge in [-0.3, -0.25) is 0 Å². The Labute approximate surface area is 87.7 Å². The first kappa shape index (κ1) is 11.5. The number of aliphatic hydroxyl groups is 1. The molecule has 1 unspecified atom stereocenters. The smallest absolute Gasteiger partial charge is 0.176 e. The first-order valence-corrected chi connectivity index (χ1v) is 4.72. The summed E-state index contributed by atoms with van der Waals surface area (Å²) in [5, 5.41) is 8.96. The highest BCUT2D eigenvalue weighted by molar-refractivity contribution is 9.10. The molecule has 1 N–H and O–H groups in total. The second-order valence-corrected chi connectivity index (χ2v) is 3.81. The van der Waals surface area contributed by atoms with Crippen LogP contribution < -0.4 is 0 Å². The highest BCUT2D eigenvalue weighted by Crippen LogP contribution is 2.25. The van der Waals surface area contributed by atoms with Gasteiger partial charge in [-0.1, -0.05) is 0 Å². The van der Waals surface area contributed by atoms with Gasteiger partial charge in [-0.25, -0.2) is 13.2 Å². The SMILES string of the molecule is CC(O)Cc1cc(F)c(Br)c(F)c1F. The van der Waals surface area contributed by atoms with Crippen LogP contribution in [0.5, 0.6) is 0 Å². The molecule has 1 aromatic rings. The minimum Gasteiger partial charge on any atom is -0.393 e. The van der Waals surface area contributed by atoms with Gasteiger partial charge >= 0.3 is 0 Å². The van der Waals surface area contributed by atoms with E-state index in [2.05, 4.69) is 15.9 Å². The summed E-state index contributed by atoms with van der Waals surface area (Å²) in [5.41, 5.74) is -0.168. The van der Waals surface area contributed by atoms with E-state index in [0.717, 1.165) is 6.07 Å². The van der Waals surface area contributed by atoms with Crippen LogP contribution in [-0.4, -0.2) is 11.2 Å². The Bertz CT molecular complexity index is 352. The van der Waals surface area contributed by atoms with Gasteiger partial charge in [0.2, 0.25) is 0 Å². The lowest BCUT2D eigenvalue weighted by molar-refractivity contribution is 0.193. The molecule has 1 rings (SSSR count). The Morgan fingerprint density at radius 3 is 2.43 bits per heavy atom. The first-order valence-electron chi connectivity index (χ1n) is 3.93. The van der Waals surface area contributed by atoms with Gasteiger partial charge < -0.3 is 5.11 Å². The van der Waals surface area contributed by atoms with Crippen LogP contribution in [-0.2, 0) is 6.42 Å². The largest absolute Gasteiger partial charge is 0.393 e. The Balaban J connectivity index is 3.19. The van der Waals surface area contributed by atoms with Crippen molar-refractivity contribution >= 4 is 15.9 Å². The molecule has 0 saturated carbocycles. The van der Waals surface area contributed by atoms with Crippen molar-refractivity contribution < 1.29 is 18.3 Å². The Morgan fingerprint density at radius 2 is 1.93 bits per heavy atom. The number of hydrogen-bond donors (Lipinski definition) is 1. The molecule has 1 nitrogen and oxygen atoms in total. The normalized spacial score (nSPS) is 13.0. The van der Waals surface area contributed by atoms with Crippen LogP contribution in [0.15, 0.2) is 10.5 Å². The Hall–Kier alpha value is -0.550. The van der Waals surface area contributed by atoms with Crippen LogP contribution in [0.25, 0.3) is 0 Å². The second-order valence-electron chi connectivity index (χ2n) is 3.01. The van der Waals surface area contributed by atoms with Crippen LogP contribution >= 0.6 is 15.9 Å². The summed E-state index contributed by atoms with van der Waals surface area (Å²) in [6, 6.07) is 0.870. The summed E-state index contributed by atoms with van der Waals surface area (Å²) in [4.78, 5) is 0. The van der Waals surface area contributed by atoms with Gasteiger partial charge in [0.25, 0.3) is 0 Å². The summed E-state index contributed by atoms with van der Waals surface area (Å²) in [6.45, 7) is 1.41. The Morgan fingerprint density at radius 1 is 1.36 bits per heavy atom. The van der Waals surface area contributed by atoms with E-state index in [-0.39, 0.29) is 12.0 Å². The topological polar surface area (TPSA) is 20.2 Å². The fourth-order valence-electron chi connectivity index (χ4n) is 1.09. The molecule has 0 saturated heterocycles. The molecule has 0 heterocycles. The van der Waals surface area contributed by atoms with Crippen LogP contribution in [0.1, 0.15) is 12.5 Å². The molecule has 0 fully saturated rings. The van der Waals surface area contributed by atoms with E-state index in [1.54, 1.807) is 0 Å². The van der Waals surface area contributed by atoms with Crippen LogP contribution in [0.3, 0.4) is 0 Å². The first-order chi connectivity index (χ1) is 6.43. The van der Waals surface area contributed by atoms with Crippen molar-refractivity contribution in [2.24, 2.45) is 0 Å². The molecule has 0 aliphatic carbocycles. The molecule has 14 heavy (non-hydrogen) atoms. The maximum Gasteiger partial charge on any atom is 0.176 e. The minimum absolute atomic E-state index is 0.118. The van der Waals surface area contributed by atoms with E-state index in [1.807, 2.05) is 0 Å². The lowest BCUT2D eigenvalue weighted by atomic mass is 10.1. The summed E-state index contributed by atoms with van der Waals surface area (Å²) >= 11 is 2.58. The third kappa shape index (κ3) is 2.27. The maximum absolute atomic E-state index is 13.1. The minimum atomic E-state index is -1.26. The summed E-state index contributed by atoms with van der Waals surface area (Å²) in [7, 11) is 0. The molecule has 1 aromatic carbocycles. The molecule has 0 amide bonds. The molecular formula is C9H8BrF3O. The average Bonchev–Trinajstić information content (AvgIpc) is 2.10. The number of halogens is 4. The van der Waals surface area contributed by atoms with Crippen molar-refractivity contribution in [3.05, 3.63) is 33.6 Å². The summed E-state index contributed by atoms with van der Waals surface area (Å²) < 4.78 is 38.5. The zero-order valence-corrected chi connectivity index (χ0v) is 8.91. The van der Waals surface area contributed by atoms with Gasteiger partial charge in [0.15, 0.2) is 11.6 Å². The van der Waals surface area contributed by atoms with Crippen molar-refractivity contribution in [2.75, 3.05) is 0 Å². The van der Waals surface area contributed by atoms with Crippen molar-refractivity contribution in [2.45, 2.75) is 19.4 Å². The van der Waals surface area contributed by atoms with Gasteiger partial charge in [-0.2, -0.15) is 0 Å². The lowest BCUT2D eigenvalue weighted by Crippen LogP contribution is -2.08. The van der Waals surface area contributed by atoms with E-state index in [1.165, 1.54) is 6.92 Å². The molecule has 78 valence electrons. The third-order valence-electron chi connectivity index (χ3n) is 1.69. The van der Waals surface area contributed by atoms with Crippen LogP contribution in [0.4, 0.5) is 13.2 Å². The van der Waals surface area contributed by atoms with Gasteiger partial charge in [-0.05, 0) is 34.5 Å².